The van der Waals surface area contributed by atoms with Crippen LogP contribution in [0.1, 0.15) is 22.3 Å². The number of hydrogen-bond donors (Lipinski definition) is 1. The van der Waals surface area contributed by atoms with Gasteiger partial charge in [-0.3, -0.25) is 19.3 Å². The Balaban J connectivity index is 1.43. The molecule has 1 aliphatic heterocycles. The predicted molar refractivity (Wildman–Crippen MR) is 141 cm³/mol. The lowest BCUT2D eigenvalue weighted by Crippen LogP contribution is -2.36. The van der Waals surface area contributed by atoms with Gasteiger partial charge in [0.25, 0.3) is 11.1 Å². The molecular formula is C28H20F3N3O5S. The van der Waals surface area contributed by atoms with Gasteiger partial charge in [-0.05, 0) is 59.8 Å². The summed E-state index contributed by atoms with van der Waals surface area (Å²) in [6, 6.07) is 18.0. The van der Waals surface area contributed by atoms with Crippen molar-refractivity contribution in [2.45, 2.75) is 12.8 Å². The van der Waals surface area contributed by atoms with E-state index in [-0.39, 0.29) is 17.2 Å². The smallest absolute Gasteiger partial charge is 0.416 e. The summed E-state index contributed by atoms with van der Waals surface area (Å²) in [5.74, 6) is -0.805. The molecule has 3 aromatic rings. The molecule has 0 aliphatic carbocycles. The van der Waals surface area contributed by atoms with Crippen molar-refractivity contribution in [1.82, 2.24) is 4.90 Å². The summed E-state index contributed by atoms with van der Waals surface area (Å²) in [5.41, 5.74) is 0.630. The minimum atomic E-state index is -4.59. The van der Waals surface area contributed by atoms with Crippen LogP contribution in [0.25, 0.3) is 6.08 Å². The van der Waals surface area contributed by atoms with Gasteiger partial charge >= 0.3 is 6.18 Å². The van der Waals surface area contributed by atoms with Crippen LogP contribution >= 0.6 is 11.8 Å². The number of nitriles is 1. The number of benzene rings is 3. The molecule has 0 unspecified atom stereocenters. The summed E-state index contributed by atoms with van der Waals surface area (Å²) in [6.07, 6.45) is -3.14. The number of carbonyl (C=O) groups is 3. The number of alkyl halides is 3. The second kappa shape index (κ2) is 12.0. The fourth-order valence-corrected chi connectivity index (χ4v) is 4.55. The van der Waals surface area contributed by atoms with Gasteiger partial charge in [-0.1, -0.05) is 30.3 Å². The van der Waals surface area contributed by atoms with E-state index >= 15 is 0 Å². The Bertz CT molecular complexity index is 1550. The zero-order chi connectivity index (χ0) is 28.9. The molecular weight excluding hydrogens is 547 g/mol. The highest BCUT2D eigenvalue weighted by atomic mass is 32.2. The number of rotatable bonds is 8. The van der Waals surface area contributed by atoms with Crippen LogP contribution in [0.2, 0.25) is 0 Å². The summed E-state index contributed by atoms with van der Waals surface area (Å²) in [7, 11) is 1.44. The number of nitrogens with zero attached hydrogens (tertiary/aromatic N) is 2. The van der Waals surface area contributed by atoms with Crippen molar-refractivity contribution < 1.29 is 37.0 Å². The zero-order valence-corrected chi connectivity index (χ0v) is 21.6. The third-order valence-electron chi connectivity index (χ3n) is 5.66. The Morgan fingerprint density at radius 1 is 1.07 bits per heavy atom. The molecule has 0 bridgehead atoms. The molecule has 0 saturated carbocycles. The van der Waals surface area contributed by atoms with Crippen molar-refractivity contribution in [3.05, 3.63) is 93.9 Å². The van der Waals surface area contributed by atoms with E-state index in [1.54, 1.807) is 42.5 Å². The van der Waals surface area contributed by atoms with E-state index in [4.69, 9.17) is 9.47 Å². The van der Waals surface area contributed by atoms with E-state index in [9.17, 15) is 32.8 Å². The minimum Gasteiger partial charge on any atom is -0.493 e. The van der Waals surface area contributed by atoms with Crippen molar-refractivity contribution in [2.24, 2.45) is 0 Å². The minimum absolute atomic E-state index is 0.0514. The molecule has 1 N–H and O–H groups in total. The van der Waals surface area contributed by atoms with Crippen LogP contribution in [-0.4, -0.2) is 35.6 Å². The molecule has 8 nitrogen and oxygen atoms in total. The highest BCUT2D eigenvalue weighted by Gasteiger charge is 2.36. The van der Waals surface area contributed by atoms with Crippen LogP contribution in [0.3, 0.4) is 0 Å². The molecule has 4 rings (SSSR count). The maximum atomic E-state index is 12.9. The third-order valence-corrected chi connectivity index (χ3v) is 6.56. The maximum absolute atomic E-state index is 12.9. The van der Waals surface area contributed by atoms with Crippen molar-refractivity contribution >= 4 is 40.6 Å². The van der Waals surface area contributed by atoms with Gasteiger partial charge in [-0.2, -0.15) is 18.4 Å². The third kappa shape index (κ3) is 6.62. The van der Waals surface area contributed by atoms with Gasteiger partial charge in [-0.15, -0.1) is 0 Å². The number of carbonyl (C=O) groups excluding carboxylic acids is 3. The van der Waals surface area contributed by atoms with E-state index in [0.717, 1.165) is 18.2 Å². The zero-order valence-electron chi connectivity index (χ0n) is 20.8. The Kier molecular flexibility index (Phi) is 8.45. The van der Waals surface area contributed by atoms with Crippen molar-refractivity contribution in [3.63, 3.8) is 0 Å². The second-order valence-corrected chi connectivity index (χ2v) is 9.36. The van der Waals surface area contributed by atoms with Gasteiger partial charge in [-0.25, -0.2) is 0 Å². The highest BCUT2D eigenvalue weighted by molar-refractivity contribution is 8.18. The number of nitrogens with one attached hydrogen (secondary N) is 1. The maximum Gasteiger partial charge on any atom is 0.416 e. The average Bonchev–Trinajstić information content (AvgIpc) is 3.19. The summed E-state index contributed by atoms with van der Waals surface area (Å²) in [5, 5.41) is 10.8. The van der Waals surface area contributed by atoms with E-state index in [1.807, 2.05) is 0 Å². The molecule has 3 amide bonds. The van der Waals surface area contributed by atoms with E-state index < -0.39 is 35.3 Å². The number of halogens is 3. The molecule has 204 valence electrons. The molecule has 1 saturated heterocycles. The van der Waals surface area contributed by atoms with Crippen LogP contribution in [-0.2, 0) is 22.4 Å². The van der Waals surface area contributed by atoms with Gasteiger partial charge < -0.3 is 14.8 Å². The lowest BCUT2D eigenvalue weighted by molar-refractivity contribution is -0.137. The number of imide groups is 1. The quantitative estimate of drug-likeness (QED) is 0.341. The molecule has 0 spiro atoms. The number of methoxy groups -OCH3 is 1. The molecule has 1 aliphatic rings. The molecule has 12 heteroatoms. The molecule has 0 aromatic heterocycles. The number of hydrogen-bond acceptors (Lipinski definition) is 7. The summed E-state index contributed by atoms with van der Waals surface area (Å²) < 4.78 is 50.0. The van der Waals surface area contributed by atoms with E-state index in [1.165, 1.54) is 19.3 Å². The number of thioether (sulfide) groups is 1. The lowest BCUT2D eigenvalue weighted by atomic mass is 10.1. The van der Waals surface area contributed by atoms with Crippen molar-refractivity contribution in [1.29, 1.82) is 5.26 Å². The SMILES string of the molecule is COc1cc(/C=C2\SC(=O)N(CC(=O)Nc3cccc(C(F)(F)F)c3)C2=O)ccc1OCc1ccccc1C#N. The molecule has 3 aromatic carbocycles. The standard InChI is InChI=1S/C28H20F3N3O5S/c1-38-23-11-17(9-10-22(23)39-16-19-6-3-2-5-18(19)14-32)12-24-26(36)34(27(37)40-24)15-25(35)33-21-8-4-7-20(13-21)28(29,30)31/h2-13H,15-16H2,1H3,(H,33,35)/b24-12-. The molecule has 1 heterocycles. The summed E-state index contributed by atoms with van der Waals surface area (Å²) in [6.45, 7) is -0.542. The van der Waals surface area contributed by atoms with Crippen molar-refractivity contribution in [2.75, 3.05) is 19.0 Å². The second-order valence-electron chi connectivity index (χ2n) is 8.36. The fraction of sp³-hybridized carbons (Fsp3) is 0.143. The van der Waals surface area contributed by atoms with Gasteiger partial charge in [0.05, 0.1) is 29.2 Å². The summed E-state index contributed by atoms with van der Waals surface area (Å²) in [4.78, 5) is 38.4. The Labute approximate surface area is 231 Å². The first kappa shape index (κ1) is 28.3. The van der Waals surface area contributed by atoms with Crippen LogP contribution in [0, 0.1) is 11.3 Å². The number of anilines is 1. The van der Waals surface area contributed by atoms with E-state index in [0.29, 0.717) is 44.9 Å². The summed E-state index contributed by atoms with van der Waals surface area (Å²) >= 11 is 0.627. The normalized spacial score (nSPS) is 14.3. The van der Waals surface area contributed by atoms with Gasteiger partial charge in [0.2, 0.25) is 5.91 Å². The van der Waals surface area contributed by atoms with Crippen LogP contribution in [0.5, 0.6) is 11.5 Å². The average molecular weight is 568 g/mol. The number of ether oxygens (including phenoxy) is 2. The van der Waals surface area contributed by atoms with Crippen LogP contribution in [0.4, 0.5) is 23.7 Å². The molecule has 0 atom stereocenters. The number of amides is 3. The van der Waals surface area contributed by atoms with Crippen LogP contribution in [0.15, 0.2) is 71.6 Å². The Morgan fingerprint density at radius 2 is 1.85 bits per heavy atom. The molecule has 0 radical (unpaired) electrons. The predicted octanol–water partition coefficient (Wildman–Crippen LogP) is 5.84. The largest absolute Gasteiger partial charge is 0.493 e. The monoisotopic (exact) mass is 567 g/mol. The highest BCUT2D eigenvalue weighted by Crippen LogP contribution is 2.35. The first-order chi connectivity index (χ1) is 19.1. The van der Waals surface area contributed by atoms with Gasteiger partial charge in [0, 0.05) is 11.3 Å². The first-order valence-electron chi connectivity index (χ1n) is 11.6. The molecule has 1 fully saturated rings. The topological polar surface area (TPSA) is 109 Å². The van der Waals surface area contributed by atoms with Crippen molar-refractivity contribution in [3.8, 4) is 17.6 Å². The molecule has 40 heavy (non-hydrogen) atoms. The Morgan fingerprint density at radius 3 is 2.58 bits per heavy atom. The fourth-order valence-electron chi connectivity index (χ4n) is 3.71. The first-order valence-corrected chi connectivity index (χ1v) is 12.4. The van der Waals surface area contributed by atoms with Gasteiger partial charge in [0.1, 0.15) is 13.2 Å². The lowest BCUT2D eigenvalue weighted by Gasteiger charge is -2.13. The Hall–Kier alpha value is -4.76. The van der Waals surface area contributed by atoms with Gasteiger partial charge in [0.15, 0.2) is 11.5 Å². The van der Waals surface area contributed by atoms with Crippen LogP contribution < -0.4 is 14.8 Å². The van der Waals surface area contributed by atoms with E-state index in [2.05, 4.69) is 11.4 Å².